The van der Waals surface area contributed by atoms with Crippen LogP contribution in [0.15, 0.2) is 30.6 Å². The summed E-state index contributed by atoms with van der Waals surface area (Å²) in [4.78, 5) is 22.1. The molecule has 0 aliphatic carbocycles. The van der Waals surface area contributed by atoms with Gasteiger partial charge in [-0.05, 0) is 51.4 Å². The average Bonchev–Trinajstić information content (AvgIpc) is 3.20. The van der Waals surface area contributed by atoms with Crippen LogP contribution in [0.2, 0.25) is 0 Å². The Bertz CT molecular complexity index is 744. The van der Waals surface area contributed by atoms with Crippen molar-refractivity contribution in [2.75, 3.05) is 19.6 Å². The highest BCUT2D eigenvalue weighted by molar-refractivity contribution is 5.94. The molecule has 25 heavy (non-hydrogen) atoms. The third kappa shape index (κ3) is 3.47. The van der Waals surface area contributed by atoms with E-state index in [-0.39, 0.29) is 5.91 Å². The highest BCUT2D eigenvalue weighted by Gasteiger charge is 2.24. The van der Waals surface area contributed by atoms with Crippen molar-refractivity contribution in [1.29, 1.82) is 0 Å². The van der Waals surface area contributed by atoms with Crippen molar-refractivity contribution in [3.05, 3.63) is 53.1 Å². The molecule has 0 N–H and O–H groups in total. The third-order valence-corrected chi connectivity index (χ3v) is 5.36. The van der Waals surface area contributed by atoms with Gasteiger partial charge in [0.2, 0.25) is 0 Å². The van der Waals surface area contributed by atoms with E-state index in [0.29, 0.717) is 6.54 Å². The number of imidazole rings is 1. The van der Waals surface area contributed by atoms with Crippen LogP contribution in [-0.4, -0.2) is 44.9 Å². The molecule has 0 saturated carbocycles. The molecule has 1 aromatic heterocycles. The minimum absolute atomic E-state index is 0.127. The molecule has 0 atom stereocenters. The molecule has 132 valence electrons. The number of aryl methyl sites for hydroxylation is 2. The molecule has 0 bridgehead atoms. The van der Waals surface area contributed by atoms with Crippen LogP contribution in [0.3, 0.4) is 0 Å². The van der Waals surface area contributed by atoms with E-state index >= 15 is 0 Å². The van der Waals surface area contributed by atoms with Crippen LogP contribution in [0.25, 0.3) is 0 Å². The Hall–Kier alpha value is -2.14. The number of hydrogen-bond acceptors (Lipinski definition) is 3. The first-order valence-corrected chi connectivity index (χ1v) is 9.32. The van der Waals surface area contributed by atoms with Crippen LogP contribution >= 0.6 is 0 Å². The van der Waals surface area contributed by atoms with Gasteiger partial charge >= 0.3 is 0 Å². The lowest BCUT2D eigenvalue weighted by molar-refractivity contribution is 0.0745. The summed E-state index contributed by atoms with van der Waals surface area (Å²) in [6.45, 7) is 7.70. The van der Waals surface area contributed by atoms with Crippen LogP contribution in [0.4, 0.5) is 0 Å². The van der Waals surface area contributed by atoms with E-state index in [9.17, 15) is 4.79 Å². The summed E-state index contributed by atoms with van der Waals surface area (Å²) in [5, 5.41) is 0. The molecule has 5 heteroatoms. The van der Waals surface area contributed by atoms with Gasteiger partial charge in [0.05, 0.1) is 24.3 Å². The van der Waals surface area contributed by atoms with Crippen LogP contribution in [-0.2, 0) is 19.6 Å². The zero-order chi connectivity index (χ0) is 17.2. The van der Waals surface area contributed by atoms with Crippen molar-refractivity contribution in [2.45, 2.75) is 45.8 Å². The quantitative estimate of drug-likeness (QED) is 0.864. The van der Waals surface area contributed by atoms with E-state index in [1.165, 1.54) is 24.1 Å². The Kier molecular flexibility index (Phi) is 4.57. The van der Waals surface area contributed by atoms with E-state index in [1.807, 2.05) is 42.4 Å². The molecule has 1 saturated heterocycles. The van der Waals surface area contributed by atoms with Gasteiger partial charge < -0.3 is 9.47 Å². The second kappa shape index (κ2) is 7.00. The normalized spacial score (nSPS) is 18.2. The Morgan fingerprint density at radius 3 is 2.56 bits per heavy atom. The molecule has 0 unspecified atom stereocenters. The lowest BCUT2D eigenvalue weighted by Crippen LogP contribution is -2.31. The average molecular weight is 338 g/mol. The summed E-state index contributed by atoms with van der Waals surface area (Å²) in [5.74, 6) is 0.127. The lowest BCUT2D eigenvalue weighted by Gasteiger charge is -2.21. The third-order valence-electron chi connectivity index (χ3n) is 5.36. The zero-order valence-electron chi connectivity index (χ0n) is 14.9. The fourth-order valence-electron chi connectivity index (χ4n) is 3.85. The van der Waals surface area contributed by atoms with Crippen molar-refractivity contribution in [1.82, 2.24) is 19.4 Å². The van der Waals surface area contributed by atoms with Gasteiger partial charge in [0.1, 0.15) is 0 Å². The number of benzene rings is 1. The predicted octanol–water partition coefficient (Wildman–Crippen LogP) is 2.83. The summed E-state index contributed by atoms with van der Waals surface area (Å²) in [5.41, 5.74) is 4.31. The van der Waals surface area contributed by atoms with Gasteiger partial charge in [-0.2, -0.15) is 0 Å². The SMILES string of the molecule is Cc1ccc(C(=O)N2CCCn3cnc(CN4CCCC4)c3C2)cc1. The first-order valence-electron chi connectivity index (χ1n) is 9.32. The van der Waals surface area contributed by atoms with Crippen LogP contribution in [0.5, 0.6) is 0 Å². The highest BCUT2D eigenvalue weighted by Crippen LogP contribution is 2.21. The smallest absolute Gasteiger partial charge is 0.254 e. The maximum atomic E-state index is 12.9. The van der Waals surface area contributed by atoms with E-state index in [1.54, 1.807) is 0 Å². The van der Waals surface area contributed by atoms with E-state index in [0.717, 1.165) is 50.4 Å². The van der Waals surface area contributed by atoms with Crippen molar-refractivity contribution < 1.29 is 4.79 Å². The molecule has 2 aromatic rings. The topological polar surface area (TPSA) is 41.4 Å². The van der Waals surface area contributed by atoms with Gasteiger partial charge in [-0.15, -0.1) is 0 Å². The number of carbonyl (C=O) groups excluding carboxylic acids is 1. The largest absolute Gasteiger partial charge is 0.333 e. The Morgan fingerprint density at radius 2 is 1.80 bits per heavy atom. The number of nitrogens with zero attached hydrogens (tertiary/aromatic N) is 4. The second-order valence-corrected chi connectivity index (χ2v) is 7.26. The molecule has 2 aliphatic rings. The van der Waals surface area contributed by atoms with E-state index in [4.69, 9.17) is 0 Å². The van der Waals surface area contributed by atoms with Gasteiger partial charge in [0.25, 0.3) is 5.91 Å². The molecule has 2 aliphatic heterocycles. The van der Waals surface area contributed by atoms with Gasteiger partial charge in [-0.1, -0.05) is 17.7 Å². The molecule has 5 nitrogen and oxygen atoms in total. The summed E-state index contributed by atoms with van der Waals surface area (Å²) < 4.78 is 2.24. The maximum Gasteiger partial charge on any atom is 0.254 e. The minimum Gasteiger partial charge on any atom is -0.333 e. The molecule has 0 spiro atoms. The first-order chi connectivity index (χ1) is 12.2. The molecule has 1 amide bonds. The highest BCUT2D eigenvalue weighted by atomic mass is 16.2. The number of amides is 1. The summed E-state index contributed by atoms with van der Waals surface area (Å²) >= 11 is 0. The Labute approximate surface area is 149 Å². The maximum absolute atomic E-state index is 12.9. The Morgan fingerprint density at radius 1 is 1.04 bits per heavy atom. The number of aromatic nitrogens is 2. The minimum atomic E-state index is 0.127. The van der Waals surface area contributed by atoms with Crippen molar-refractivity contribution in [3.8, 4) is 0 Å². The summed E-state index contributed by atoms with van der Waals surface area (Å²) in [6.07, 6.45) is 5.51. The number of hydrogen-bond donors (Lipinski definition) is 0. The van der Waals surface area contributed by atoms with Gasteiger partial charge in [-0.3, -0.25) is 9.69 Å². The molecule has 4 rings (SSSR count). The number of carbonyl (C=O) groups is 1. The summed E-state index contributed by atoms with van der Waals surface area (Å²) in [7, 11) is 0. The van der Waals surface area contributed by atoms with E-state index in [2.05, 4.69) is 14.5 Å². The zero-order valence-corrected chi connectivity index (χ0v) is 14.9. The molecular formula is C20H26N4O. The monoisotopic (exact) mass is 338 g/mol. The molecule has 0 radical (unpaired) electrons. The predicted molar refractivity (Wildman–Crippen MR) is 97.3 cm³/mol. The molecule has 3 heterocycles. The summed E-state index contributed by atoms with van der Waals surface area (Å²) in [6, 6.07) is 7.89. The van der Waals surface area contributed by atoms with Gasteiger partial charge in [-0.25, -0.2) is 4.98 Å². The Balaban J connectivity index is 1.54. The molecular weight excluding hydrogens is 312 g/mol. The number of rotatable bonds is 3. The first kappa shape index (κ1) is 16.3. The standard InChI is InChI=1S/C20H26N4O/c1-16-5-7-17(8-6-16)20(25)23-11-4-12-24-15-21-18(19(24)14-23)13-22-9-2-3-10-22/h5-8,15H,2-4,9-14H2,1H3. The number of fused-ring (bicyclic) bond motifs is 1. The van der Waals surface area contributed by atoms with Gasteiger partial charge in [0, 0.05) is 25.2 Å². The van der Waals surface area contributed by atoms with Crippen molar-refractivity contribution in [3.63, 3.8) is 0 Å². The lowest BCUT2D eigenvalue weighted by atomic mass is 10.1. The second-order valence-electron chi connectivity index (χ2n) is 7.26. The van der Waals surface area contributed by atoms with E-state index < -0.39 is 0 Å². The molecule has 1 fully saturated rings. The van der Waals surface area contributed by atoms with Crippen molar-refractivity contribution >= 4 is 5.91 Å². The van der Waals surface area contributed by atoms with Crippen LogP contribution < -0.4 is 0 Å². The number of likely N-dealkylation sites (tertiary alicyclic amines) is 1. The molecule has 1 aromatic carbocycles. The van der Waals surface area contributed by atoms with Gasteiger partial charge in [0.15, 0.2) is 0 Å². The fraction of sp³-hybridized carbons (Fsp3) is 0.500. The fourth-order valence-corrected chi connectivity index (χ4v) is 3.85. The van der Waals surface area contributed by atoms with Crippen molar-refractivity contribution in [2.24, 2.45) is 0 Å². The van der Waals surface area contributed by atoms with Crippen LogP contribution in [0.1, 0.15) is 46.6 Å². The van der Waals surface area contributed by atoms with Crippen LogP contribution in [0, 0.1) is 6.92 Å².